The molecule has 98 valence electrons. The Hall–Kier alpha value is -0.465. The van der Waals surface area contributed by atoms with Gasteiger partial charge in [-0.1, -0.05) is 46.4 Å². The Bertz CT molecular complexity index is 220. The third kappa shape index (κ3) is 4.04. The van der Waals surface area contributed by atoms with Gasteiger partial charge in [0.25, 0.3) is 0 Å². The van der Waals surface area contributed by atoms with Crippen molar-refractivity contribution in [2.24, 2.45) is 5.92 Å². The maximum Gasteiger partial charge on any atom is 0.222 e. The highest BCUT2D eigenvalue weighted by Gasteiger charge is 2.37. The summed E-state index contributed by atoms with van der Waals surface area (Å²) in [6.45, 7) is 8.00. The predicted molar refractivity (Wildman–Crippen MR) is 75.3 cm³/mol. The molecule has 0 N–H and O–H groups in total. The van der Waals surface area contributed by atoms with E-state index < -0.39 is 0 Å². The van der Waals surface area contributed by atoms with Crippen LogP contribution in [0, 0.1) is 5.92 Å². The first-order chi connectivity index (χ1) is 8.20. The van der Waals surface area contributed by atoms with Gasteiger partial charge in [0.15, 0.2) is 0 Å². The number of rotatable bonds is 0. The van der Waals surface area contributed by atoms with Crippen LogP contribution >= 0.6 is 0 Å². The number of hydrogen-bond acceptors (Lipinski definition) is 1. The van der Waals surface area contributed by atoms with E-state index >= 15 is 0 Å². The van der Waals surface area contributed by atoms with E-state index in [2.05, 4.69) is 0 Å². The topological polar surface area (TPSA) is 20.3 Å². The third-order valence-electron chi connectivity index (χ3n) is 3.66. The standard InChI is InChI=1S/C10H16BNO.2C2H6/c1-12-9-4-2-3-8(11)7(9)5-6-10(12)13;2*1-2/h7-9H,2-6H2,1H3;2*1-2H3. The molecule has 0 aromatic carbocycles. The molecule has 2 aliphatic rings. The molecule has 0 bridgehead atoms. The summed E-state index contributed by atoms with van der Waals surface area (Å²) in [4.78, 5) is 13.4. The minimum atomic E-state index is 0.301. The normalized spacial score (nSPS) is 31.5. The van der Waals surface area contributed by atoms with E-state index in [-0.39, 0.29) is 0 Å². The van der Waals surface area contributed by atoms with Crippen molar-refractivity contribution < 1.29 is 4.79 Å². The van der Waals surface area contributed by atoms with Gasteiger partial charge in [-0.2, -0.15) is 0 Å². The zero-order valence-corrected chi connectivity index (χ0v) is 12.2. The highest BCUT2D eigenvalue weighted by Crippen LogP contribution is 2.40. The van der Waals surface area contributed by atoms with Crippen molar-refractivity contribution in [1.29, 1.82) is 0 Å². The summed E-state index contributed by atoms with van der Waals surface area (Å²) in [5.74, 6) is 1.20. The molecule has 2 nitrogen and oxygen atoms in total. The molecule has 3 unspecified atom stereocenters. The minimum absolute atomic E-state index is 0.301. The van der Waals surface area contributed by atoms with Gasteiger partial charge in [0, 0.05) is 19.5 Å². The fraction of sp³-hybridized carbons (Fsp3) is 0.929. The molecule has 2 radical (unpaired) electrons. The zero-order valence-electron chi connectivity index (χ0n) is 12.2. The number of carbonyl (C=O) groups is 1. The van der Waals surface area contributed by atoms with Gasteiger partial charge in [-0.05, 0) is 18.8 Å². The molecule has 3 atom stereocenters. The van der Waals surface area contributed by atoms with Crippen molar-refractivity contribution in [3.63, 3.8) is 0 Å². The number of carbonyl (C=O) groups excluding carboxylic acids is 1. The first kappa shape index (κ1) is 16.5. The molecule has 2 rings (SSSR count). The Kier molecular flexibility index (Phi) is 8.36. The number of amides is 1. The van der Waals surface area contributed by atoms with Crippen LogP contribution in [0.15, 0.2) is 0 Å². The number of fused-ring (bicyclic) bond motifs is 1. The van der Waals surface area contributed by atoms with Crippen LogP contribution < -0.4 is 0 Å². The Morgan fingerprint density at radius 3 is 2.29 bits per heavy atom. The van der Waals surface area contributed by atoms with Crippen LogP contribution in [-0.2, 0) is 4.79 Å². The van der Waals surface area contributed by atoms with E-state index in [0.717, 1.165) is 19.3 Å². The molecule has 0 aromatic rings. The number of nitrogens with zero attached hydrogens (tertiary/aromatic N) is 1. The average molecular weight is 237 g/mol. The first-order valence-electron chi connectivity index (χ1n) is 7.21. The SMILES string of the molecule is CC.CC.[B]C1CCCC2C1CCC(=O)N2C. The van der Waals surface area contributed by atoms with Crippen LogP contribution in [0.4, 0.5) is 0 Å². The number of hydrogen-bond donors (Lipinski definition) is 0. The van der Waals surface area contributed by atoms with E-state index in [4.69, 9.17) is 7.85 Å². The smallest absolute Gasteiger partial charge is 0.222 e. The molecule has 2 fully saturated rings. The van der Waals surface area contributed by atoms with Crippen LogP contribution in [-0.4, -0.2) is 31.7 Å². The second-order valence-electron chi connectivity index (χ2n) is 4.37. The second-order valence-corrected chi connectivity index (χ2v) is 4.37. The molecular weight excluding hydrogens is 209 g/mol. The summed E-state index contributed by atoms with van der Waals surface area (Å²) >= 11 is 0. The van der Waals surface area contributed by atoms with Crippen molar-refractivity contribution in [3.8, 4) is 0 Å². The van der Waals surface area contributed by atoms with Gasteiger partial charge >= 0.3 is 0 Å². The minimum Gasteiger partial charge on any atom is -0.343 e. The largest absolute Gasteiger partial charge is 0.343 e. The molecule has 1 saturated carbocycles. The van der Waals surface area contributed by atoms with Crippen LogP contribution in [0.3, 0.4) is 0 Å². The van der Waals surface area contributed by atoms with E-state index in [9.17, 15) is 4.79 Å². The Morgan fingerprint density at radius 1 is 1.12 bits per heavy atom. The van der Waals surface area contributed by atoms with Crippen LogP contribution in [0.25, 0.3) is 0 Å². The monoisotopic (exact) mass is 237 g/mol. The van der Waals surface area contributed by atoms with Crippen molar-refractivity contribution >= 4 is 13.8 Å². The lowest BCUT2D eigenvalue weighted by molar-refractivity contribution is -0.137. The van der Waals surface area contributed by atoms with Gasteiger partial charge < -0.3 is 4.90 Å². The van der Waals surface area contributed by atoms with Gasteiger partial charge in [0.1, 0.15) is 0 Å². The van der Waals surface area contributed by atoms with Gasteiger partial charge in [-0.25, -0.2) is 0 Å². The predicted octanol–water partition coefficient (Wildman–Crippen LogP) is 3.42. The molecule has 1 heterocycles. The molecule has 3 heteroatoms. The van der Waals surface area contributed by atoms with Gasteiger partial charge in [0.2, 0.25) is 5.91 Å². The van der Waals surface area contributed by atoms with Crippen LogP contribution in [0.5, 0.6) is 0 Å². The molecule has 1 aliphatic heterocycles. The average Bonchev–Trinajstić information content (AvgIpc) is 2.39. The highest BCUT2D eigenvalue weighted by molar-refractivity contribution is 6.12. The molecule has 1 saturated heterocycles. The summed E-state index contributed by atoms with van der Waals surface area (Å²) < 4.78 is 0. The van der Waals surface area contributed by atoms with Crippen LogP contribution in [0.2, 0.25) is 5.82 Å². The second kappa shape index (κ2) is 8.60. The van der Waals surface area contributed by atoms with Gasteiger partial charge in [-0.3, -0.25) is 4.79 Å². The Morgan fingerprint density at radius 2 is 1.71 bits per heavy atom. The molecule has 0 spiro atoms. The summed E-state index contributed by atoms with van der Waals surface area (Å²) in [5.41, 5.74) is 0. The molecular formula is C14H28BNO. The summed E-state index contributed by atoms with van der Waals surface area (Å²) in [6, 6.07) is 0.435. The maximum atomic E-state index is 11.4. The van der Waals surface area contributed by atoms with Crippen molar-refractivity contribution in [2.75, 3.05) is 7.05 Å². The molecule has 17 heavy (non-hydrogen) atoms. The third-order valence-corrected chi connectivity index (χ3v) is 3.66. The zero-order chi connectivity index (χ0) is 13.4. The molecule has 1 amide bonds. The summed E-state index contributed by atoms with van der Waals surface area (Å²) in [6.07, 6.45) is 5.18. The highest BCUT2D eigenvalue weighted by atomic mass is 16.2. The quantitative estimate of drug-likeness (QED) is 0.591. The fourth-order valence-electron chi connectivity index (χ4n) is 2.81. The molecule has 0 aromatic heterocycles. The van der Waals surface area contributed by atoms with Crippen molar-refractivity contribution in [1.82, 2.24) is 4.90 Å². The van der Waals surface area contributed by atoms with E-state index in [0.29, 0.717) is 30.1 Å². The first-order valence-corrected chi connectivity index (χ1v) is 7.21. The number of likely N-dealkylation sites (tertiary alicyclic amines) is 1. The van der Waals surface area contributed by atoms with Gasteiger partial charge in [0.05, 0.1) is 7.85 Å². The lowest BCUT2D eigenvalue weighted by Crippen LogP contribution is -2.49. The fourth-order valence-corrected chi connectivity index (χ4v) is 2.81. The van der Waals surface area contributed by atoms with Crippen molar-refractivity contribution in [3.05, 3.63) is 0 Å². The van der Waals surface area contributed by atoms with Crippen LogP contribution in [0.1, 0.15) is 59.8 Å². The van der Waals surface area contributed by atoms with Gasteiger partial charge in [-0.15, -0.1) is 0 Å². The van der Waals surface area contributed by atoms with E-state index in [1.54, 1.807) is 0 Å². The van der Waals surface area contributed by atoms with Crippen molar-refractivity contribution in [2.45, 2.75) is 71.7 Å². The Labute approximate surface area is 109 Å². The summed E-state index contributed by atoms with van der Waals surface area (Å²) in [7, 11) is 7.99. The lowest BCUT2D eigenvalue weighted by Gasteiger charge is -2.45. The Balaban J connectivity index is 0.000000581. The lowest BCUT2D eigenvalue weighted by atomic mass is 9.63. The summed E-state index contributed by atoms with van der Waals surface area (Å²) in [5, 5.41) is 0. The number of piperidine rings is 1. The van der Waals surface area contributed by atoms with E-state index in [1.165, 1.54) is 6.42 Å². The molecule has 1 aliphatic carbocycles. The van der Waals surface area contributed by atoms with E-state index in [1.807, 2.05) is 39.6 Å². The maximum absolute atomic E-state index is 11.4.